The van der Waals surface area contributed by atoms with Crippen LogP contribution >= 0.6 is 11.6 Å². The number of methoxy groups -OCH3 is 1. The number of amides is 1. The van der Waals surface area contributed by atoms with E-state index in [1.807, 2.05) is 54.7 Å². The quantitative estimate of drug-likeness (QED) is 0.227. The predicted molar refractivity (Wildman–Crippen MR) is 168 cm³/mol. The fourth-order valence-corrected chi connectivity index (χ4v) is 5.81. The third-order valence-corrected chi connectivity index (χ3v) is 8.16. The predicted octanol–water partition coefficient (Wildman–Crippen LogP) is 5.93. The Hall–Kier alpha value is -3.26. The molecule has 2 heterocycles. The van der Waals surface area contributed by atoms with E-state index in [0.29, 0.717) is 24.6 Å². The molecule has 0 spiro atoms. The van der Waals surface area contributed by atoms with Crippen LogP contribution in [-0.2, 0) is 6.54 Å². The number of halogens is 1. The van der Waals surface area contributed by atoms with Gasteiger partial charge in [0.15, 0.2) is 0 Å². The van der Waals surface area contributed by atoms with Crippen molar-refractivity contribution in [3.05, 3.63) is 71.4 Å². The number of aryl methyl sites for hydroxylation is 1. The summed E-state index contributed by atoms with van der Waals surface area (Å²) < 4.78 is 14.0. The second kappa shape index (κ2) is 13.6. The minimum absolute atomic E-state index is 0.0277. The van der Waals surface area contributed by atoms with Gasteiger partial charge < -0.3 is 24.3 Å². The van der Waals surface area contributed by atoms with Gasteiger partial charge in [-0.15, -0.1) is 0 Å². The van der Waals surface area contributed by atoms with E-state index in [1.165, 1.54) is 0 Å². The maximum atomic E-state index is 13.0. The Morgan fingerprint density at radius 3 is 2.32 bits per heavy atom. The molecule has 8 heteroatoms. The van der Waals surface area contributed by atoms with Gasteiger partial charge in [-0.05, 0) is 37.1 Å². The number of hydrogen-bond acceptors (Lipinski definition) is 5. The Morgan fingerprint density at radius 1 is 0.878 bits per heavy atom. The number of para-hydroxylation sites is 1. The molecular weight excluding hydrogens is 536 g/mol. The number of nitrogens with one attached hydrogen (secondary N) is 1. The minimum atomic E-state index is -0.0277. The van der Waals surface area contributed by atoms with Crippen molar-refractivity contribution in [2.45, 2.75) is 26.8 Å². The van der Waals surface area contributed by atoms with Crippen LogP contribution in [0, 0.1) is 5.92 Å². The lowest BCUT2D eigenvalue weighted by Crippen LogP contribution is -2.47. The fourth-order valence-electron chi connectivity index (χ4n) is 5.59. The lowest BCUT2D eigenvalue weighted by molar-refractivity contribution is 0.0950. The van der Waals surface area contributed by atoms with Crippen molar-refractivity contribution in [2.75, 3.05) is 59.5 Å². The number of piperazine rings is 1. The van der Waals surface area contributed by atoms with Gasteiger partial charge in [0, 0.05) is 73.2 Å². The van der Waals surface area contributed by atoms with Crippen molar-refractivity contribution in [2.24, 2.45) is 5.92 Å². The first kappa shape index (κ1) is 29.2. The zero-order chi connectivity index (χ0) is 28.8. The summed E-state index contributed by atoms with van der Waals surface area (Å²) >= 11 is 6.35. The summed E-state index contributed by atoms with van der Waals surface area (Å²) in [4.78, 5) is 18.0. The molecule has 4 aromatic rings. The minimum Gasteiger partial charge on any atom is -0.495 e. The first-order valence-corrected chi connectivity index (χ1v) is 15.0. The summed E-state index contributed by atoms with van der Waals surface area (Å²) in [6.07, 6.45) is 2.99. The van der Waals surface area contributed by atoms with Gasteiger partial charge >= 0.3 is 0 Å². The smallest absolute Gasteiger partial charge is 0.253 e. The van der Waals surface area contributed by atoms with Crippen LogP contribution in [0.4, 0.5) is 0 Å². The molecule has 0 atom stereocenters. The molecule has 1 aliphatic rings. The van der Waals surface area contributed by atoms with Crippen LogP contribution in [-0.4, -0.2) is 79.8 Å². The van der Waals surface area contributed by atoms with E-state index in [2.05, 4.69) is 39.6 Å². The molecule has 218 valence electrons. The molecule has 1 amide bonds. The first-order valence-electron chi connectivity index (χ1n) is 14.6. The second-order valence-corrected chi connectivity index (χ2v) is 11.6. The topological polar surface area (TPSA) is 59.0 Å². The zero-order valence-corrected chi connectivity index (χ0v) is 25.1. The van der Waals surface area contributed by atoms with Gasteiger partial charge in [-0.25, -0.2) is 0 Å². The van der Waals surface area contributed by atoms with Crippen LogP contribution < -0.4 is 14.8 Å². The molecule has 0 radical (unpaired) electrons. The van der Waals surface area contributed by atoms with Crippen LogP contribution in [0.2, 0.25) is 5.02 Å². The van der Waals surface area contributed by atoms with E-state index in [1.54, 1.807) is 7.11 Å². The molecule has 0 saturated carbocycles. The van der Waals surface area contributed by atoms with Crippen molar-refractivity contribution in [1.82, 2.24) is 19.7 Å². The third kappa shape index (κ3) is 6.97. The summed E-state index contributed by atoms with van der Waals surface area (Å²) in [5.41, 5.74) is 1.70. The molecule has 1 aliphatic heterocycles. The number of carbonyl (C=O) groups is 1. The summed E-state index contributed by atoms with van der Waals surface area (Å²) in [7, 11) is 1.69. The van der Waals surface area contributed by atoms with Crippen LogP contribution in [0.1, 0.15) is 30.6 Å². The lowest BCUT2D eigenvalue weighted by atomic mass is 10.1. The van der Waals surface area contributed by atoms with Crippen LogP contribution in [0.3, 0.4) is 0 Å². The second-order valence-electron chi connectivity index (χ2n) is 11.2. The normalized spacial score (nSPS) is 14.7. The first-order chi connectivity index (χ1) is 19.9. The van der Waals surface area contributed by atoms with Crippen molar-refractivity contribution in [3.63, 3.8) is 0 Å². The van der Waals surface area contributed by atoms with Gasteiger partial charge in [0.25, 0.3) is 5.91 Å². The highest BCUT2D eigenvalue weighted by molar-refractivity contribution is 6.35. The number of carbonyl (C=O) groups excluding carboxylic acids is 1. The van der Waals surface area contributed by atoms with E-state index >= 15 is 0 Å². The van der Waals surface area contributed by atoms with Crippen molar-refractivity contribution in [3.8, 4) is 11.5 Å². The Morgan fingerprint density at radius 2 is 1.59 bits per heavy atom. The Balaban J connectivity index is 1.11. The number of aromatic nitrogens is 1. The highest BCUT2D eigenvalue weighted by atomic mass is 35.5. The van der Waals surface area contributed by atoms with Crippen molar-refractivity contribution >= 4 is 39.2 Å². The average Bonchev–Trinajstić information content (AvgIpc) is 3.37. The van der Waals surface area contributed by atoms with E-state index < -0.39 is 0 Å². The molecule has 1 aromatic heterocycles. The average molecular weight is 577 g/mol. The molecule has 5 rings (SSSR count). The molecule has 1 fully saturated rings. The Labute approximate surface area is 248 Å². The summed E-state index contributed by atoms with van der Waals surface area (Å²) in [5, 5.41) is 6.84. The Kier molecular flexibility index (Phi) is 9.70. The highest BCUT2D eigenvalue weighted by Gasteiger charge is 2.20. The zero-order valence-electron chi connectivity index (χ0n) is 24.4. The maximum absolute atomic E-state index is 13.0. The van der Waals surface area contributed by atoms with Crippen LogP contribution in [0.15, 0.2) is 60.8 Å². The molecule has 3 aromatic carbocycles. The molecule has 1 saturated heterocycles. The fraction of sp³-hybridized carbons (Fsp3) is 0.424. The molecule has 41 heavy (non-hydrogen) atoms. The molecular formula is C33H41ClN4O3. The van der Waals surface area contributed by atoms with Gasteiger partial charge in [0.1, 0.15) is 18.1 Å². The van der Waals surface area contributed by atoms with Crippen LogP contribution in [0.25, 0.3) is 21.7 Å². The molecule has 0 unspecified atom stereocenters. The number of rotatable bonds is 12. The van der Waals surface area contributed by atoms with Gasteiger partial charge in [-0.3, -0.25) is 9.69 Å². The standard InChI is InChI=1S/C33H41ClN4O3/c1-24(2)22-35-33(39)28-23-38(32-27(28)10-6-11-31(32)40-3)15-7-14-36-16-18-37(19-17-36)20-21-41-30-13-12-29(34)25-8-4-5-9-26(25)30/h4-6,8-13,23-24H,7,14-22H2,1-3H3,(H,35,39). The van der Waals surface area contributed by atoms with Crippen molar-refractivity contribution in [1.29, 1.82) is 0 Å². The summed E-state index contributed by atoms with van der Waals surface area (Å²) in [6, 6.07) is 17.9. The number of hydrogen-bond donors (Lipinski definition) is 1. The third-order valence-electron chi connectivity index (χ3n) is 7.83. The van der Waals surface area contributed by atoms with Gasteiger partial charge in [-0.2, -0.15) is 0 Å². The Bertz CT molecular complexity index is 1480. The molecule has 0 aliphatic carbocycles. The van der Waals surface area contributed by atoms with Gasteiger partial charge in [0.2, 0.25) is 0 Å². The molecule has 1 N–H and O–H groups in total. The number of fused-ring (bicyclic) bond motifs is 2. The monoisotopic (exact) mass is 576 g/mol. The van der Waals surface area contributed by atoms with Crippen LogP contribution in [0.5, 0.6) is 11.5 Å². The van der Waals surface area contributed by atoms with E-state index in [-0.39, 0.29) is 5.91 Å². The number of benzene rings is 3. The highest BCUT2D eigenvalue weighted by Crippen LogP contribution is 2.32. The van der Waals surface area contributed by atoms with E-state index in [0.717, 1.165) is 90.4 Å². The molecule has 7 nitrogen and oxygen atoms in total. The molecule has 0 bridgehead atoms. The summed E-state index contributed by atoms with van der Waals surface area (Å²) in [5.74, 6) is 2.06. The number of ether oxygens (including phenoxy) is 2. The van der Waals surface area contributed by atoms with E-state index in [4.69, 9.17) is 21.1 Å². The number of nitrogens with zero attached hydrogens (tertiary/aromatic N) is 3. The maximum Gasteiger partial charge on any atom is 0.253 e. The van der Waals surface area contributed by atoms with Crippen molar-refractivity contribution < 1.29 is 14.3 Å². The lowest BCUT2D eigenvalue weighted by Gasteiger charge is -2.34. The SMILES string of the molecule is COc1cccc2c(C(=O)NCC(C)C)cn(CCCN3CCN(CCOc4ccc(Cl)c5ccccc45)CC3)c12. The summed E-state index contributed by atoms with van der Waals surface area (Å²) in [6.45, 7) is 12.4. The van der Waals surface area contributed by atoms with Gasteiger partial charge in [0.05, 0.1) is 18.2 Å². The largest absolute Gasteiger partial charge is 0.495 e. The van der Waals surface area contributed by atoms with Gasteiger partial charge in [-0.1, -0.05) is 61.8 Å². The van der Waals surface area contributed by atoms with E-state index in [9.17, 15) is 4.79 Å².